The van der Waals surface area contributed by atoms with Gasteiger partial charge in [0.15, 0.2) is 0 Å². The van der Waals surface area contributed by atoms with Crippen molar-refractivity contribution < 1.29 is 19.1 Å². The molecule has 3 rings (SSSR count). The van der Waals surface area contributed by atoms with E-state index < -0.39 is 0 Å². The number of ketones is 1. The maximum absolute atomic E-state index is 12.6. The lowest BCUT2D eigenvalue weighted by Crippen LogP contribution is -2.07. The van der Waals surface area contributed by atoms with Crippen LogP contribution in [0.25, 0.3) is 0 Å². The van der Waals surface area contributed by atoms with E-state index in [1.165, 1.54) is 11.3 Å². The van der Waals surface area contributed by atoms with E-state index in [4.69, 9.17) is 9.47 Å². The molecule has 5 heteroatoms. The van der Waals surface area contributed by atoms with Gasteiger partial charge in [0.1, 0.15) is 12.4 Å². The highest BCUT2D eigenvalue weighted by Gasteiger charge is 2.23. The van der Waals surface area contributed by atoms with Gasteiger partial charge in [-0.25, -0.2) is 0 Å². The molecule has 22 heavy (non-hydrogen) atoms. The summed E-state index contributed by atoms with van der Waals surface area (Å²) in [5.74, 6) is 0.407. The van der Waals surface area contributed by atoms with E-state index in [0.717, 1.165) is 16.0 Å². The zero-order chi connectivity index (χ0) is 15.5. The lowest BCUT2D eigenvalue weighted by Gasteiger charge is -2.09. The summed E-state index contributed by atoms with van der Waals surface area (Å²) in [5.41, 5.74) is 2.48. The fourth-order valence-electron chi connectivity index (χ4n) is 2.35. The van der Waals surface area contributed by atoms with Crippen molar-refractivity contribution in [3.63, 3.8) is 0 Å². The number of esters is 1. The summed E-state index contributed by atoms with van der Waals surface area (Å²) in [5, 5.41) is 1.91. The van der Waals surface area contributed by atoms with Gasteiger partial charge < -0.3 is 9.47 Å². The number of fused-ring (bicyclic) bond motifs is 2. The van der Waals surface area contributed by atoms with Crippen LogP contribution < -0.4 is 4.74 Å². The molecule has 2 aromatic rings. The maximum Gasteiger partial charge on any atom is 0.305 e. The molecule has 0 saturated heterocycles. The molecule has 114 valence electrons. The summed E-state index contributed by atoms with van der Waals surface area (Å²) in [6.07, 6.45) is 0.960. The fourth-order valence-corrected chi connectivity index (χ4v) is 3.21. The summed E-state index contributed by atoms with van der Waals surface area (Å²) >= 11 is 1.44. The van der Waals surface area contributed by atoms with Crippen LogP contribution in [0.3, 0.4) is 0 Å². The van der Waals surface area contributed by atoms with Gasteiger partial charge in [0, 0.05) is 18.4 Å². The Morgan fingerprint density at radius 2 is 2.23 bits per heavy atom. The molecule has 0 N–H and O–H groups in total. The Bertz CT molecular complexity index is 717. The first-order valence-corrected chi connectivity index (χ1v) is 8.09. The normalized spacial score (nSPS) is 12.9. The van der Waals surface area contributed by atoms with Crippen molar-refractivity contribution in [2.24, 2.45) is 0 Å². The molecule has 1 aromatic carbocycles. The Kier molecular flexibility index (Phi) is 4.24. The highest BCUT2D eigenvalue weighted by molar-refractivity contribution is 7.12. The van der Waals surface area contributed by atoms with Gasteiger partial charge in [-0.2, -0.15) is 0 Å². The van der Waals surface area contributed by atoms with Crippen LogP contribution in [0.2, 0.25) is 0 Å². The Labute approximate surface area is 132 Å². The van der Waals surface area contributed by atoms with Crippen LogP contribution in [0, 0.1) is 0 Å². The molecule has 0 fully saturated rings. The minimum absolute atomic E-state index is 0.00454. The van der Waals surface area contributed by atoms with Crippen molar-refractivity contribution in [3.05, 3.63) is 51.2 Å². The fraction of sp³-hybridized carbons (Fsp3) is 0.294. The van der Waals surface area contributed by atoms with Gasteiger partial charge in [-0.3, -0.25) is 9.59 Å². The van der Waals surface area contributed by atoms with E-state index >= 15 is 0 Å². The molecular formula is C17H16O4S. The minimum Gasteiger partial charge on any atom is -0.488 e. The first kappa shape index (κ1) is 14.8. The van der Waals surface area contributed by atoms with E-state index in [0.29, 0.717) is 37.4 Å². The van der Waals surface area contributed by atoms with E-state index in [1.54, 1.807) is 6.92 Å². The lowest BCUT2D eigenvalue weighted by atomic mass is 10.0. The van der Waals surface area contributed by atoms with Gasteiger partial charge in [0.05, 0.1) is 17.0 Å². The number of carbonyl (C=O) groups excluding carboxylic acids is 2. The third kappa shape index (κ3) is 2.90. The molecular weight excluding hydrogens is 300 g/mol. The summed E-state index contributed by atoms with van der Waals surface area (Å²) in [6, 6.07) is 7.49. The number of rotatable bonds is 4. The van der Waals surface area contributed by atoms with Crippen LogP contribution >= 0.6 is 11.3 Å². The van der Waals surface area contributed by atoms with Crippen LogP contribution in [0.15, 0.2) is 29.6 Å². The van der Waals surface area contributed by atoms with E-state index in [1.807, 2.05) is 29.6 Å². The number of hydrogen-bond donors (Lipinski definition) is 0. The van der Waals surface area contributed by atoms with E-state index in [-0.39, 0.29) is 11.8 Å². The molecule has 1 aromatic heterocycles. The van der Waals surface area contributed by atoms with Crippen LogP contribution in [0.1, 0.15) is 39.7 Å². The van der Waals surface area contributed by atoms with Gasteiger partial charge in [-0.05, 0) is 29.1 Å². The lowest BCUT2D eigenvalue weighted by molar-refractivity contribution is -0.143. The molecule has 4 nitrogen and oxygen atoms in total. The van der Waals surface area contributed by atoms with Gasteiger partial charge in [0.25, 0.3) is 0 Å². The third-order valence-electron chi connectivity index (χ3n) is 3.57. The molecule has 0 saturated carbocycles. The molecule has 0 atom stereocenters. The second-order valence-electron chi connectivity index (χ2n) is 5.05. The minimum atomic E-state index is -0.211. The van der Waals surface area contributed by atoms with Crippen LogP contribution in [-0.2, 0) is 22.6 Å². The van der Waals surface area contributed by atoms with Crippen LogP contribution in [-0.4, -0.2) is 18.4 Å². The largest absolute Gasteiger partial charge is 0.488 e. The smallest absolute Gasteiger partial charge is 0.305 e. The summed E-state index contributed by atoms with van der Waals surface area (Å²) in [4.78, 5) is 24.5. The first-order chi connectivity index (χ1) is 10.7. The number of ether oxygens (including phenoxy) is 2. The Hall–Kier alpha value is -2.14. The van der Waals surface area contributed by atoms with E-state index in [2.05, 4.69) is 0 Å². The van der Waals surface area contributed by atoms with Gasteiger partial charge >= 0.3 is 5.97 Å². The van der Waals surface area contributed by atoms with Crippen molar-refractivity contribution >= 4 is 23.1 Å². The summed E-state index contributed by atoms with van der Waals surface area (Å²) in [7, 11) is 0. The number of benzene rings is 1. The summed E-state index contributed by atoms with van der Waals surface area (Å²) in [6.45, 7) is 2.51. The second kappa shape index (κ2) is 6.32. The quantitative estimate of drug-likeness (QED) is 0.812. The highest BCUT2D eigenvalue weighted by atomic mass is 32.1. The van der Waals surface area contributed by atoms with Crippen molar-refractivity contribution in [1.82, 2.24) is 0 Å². The Morgan fingerprint density at radius 1 is 1.36 bits per heavy atom. The van der Waals surface area contributed by atoms with Gasteiger partial charge in [-0.15, -0.1) is 11.3 Å². The number of carbonyl (C=O) groups is 2. The van der Waals surface area contributed by atoms with E-state index in [9.17, 15) is 9.59 Å². The zero-order valence-corrected chi connectivity index (χ0v) is 13.1. The highest BCUT2D eigenvalue weighted by Crippen LogP contribution is 2.31. The SMILES string of the molecule is CCC(=O)OCCc1ccc2c(c1)C(=O)c1sccc1CO2. The average molecular weight is 316 g/mol. The number of hydrogen-bond acceptors (Lipinski definition) is 5. The van der Waals surface area contributed by atoms with Gasteiger partial charge in [-0.1, -0.05) is 13.0 Å². The van der Waals surface area contributed by atoms with Crippen LogP contribution in [0.4, 0.5) is 0 Å². The predicted octanol–water partition coefficient (Wildman–Crippen LogP) is 3.37. The molecule has 0 aliphatic carbocycles. The zero-order valence-electron chi connectivity index (χ0n) is 12.3. The Balaban J connectivity index is 1.80. The monoisotopic (exact) mass is 316 g/mol. The van der Waals surface area contributed by atoms with Crippen molar-refractivity contribution in [3.8, 4) is 5.75 Å². The van der Waals surface area contributed by atoms with Crippen LogP contribution in [0.5, 0.6) is 5.75 Å². The molecule has 1 aliphatic heterocycles. The number of thiophene rings is 1. The molecule has 1 aliphatic rings. The molecule has 0 bridgehead atoms. The third-order valence-corrected chi connectivity index (χ3v) is 4.52. The molecule has 0 spiro atoms. The van der Waals surface area contributed by atoms with Crippen molar-refractivity contribution in [2.75, 3.05) is 6.61 Å². The standard InChI is InChI=1S/C17H16O4S/c1-2-15(18)20-7-5-11-3-4-14-13(9-11)16(19)17-12(10-21-14)6-8-22-17/h3-4,6,8-9H,2,5,7,10H2,1H3. The summed E-state index contributed by atoms with van der Waals surface area (Å²) < 4.78 is 10.8. The topological polar surface area (TPSA) is 52.6 Å². The average Bonchev–Trinajstić information content (AvgIpc) is 2.96. The Morgan fingerprint density at radius 3 is 3.05 bits per heavy atom. The first-order valence-electron chi connectivity index (χ1n) is 7.21. The van der Waals surface area contributed by atoms with Crippen molar-refractivity contribution in [1.29, 1.82) is 0 Å². The van der Waals surface area contributed by atoms with Crippen molar-refractivity contribution in [2.45, 2.75) is 26.4 Å². The maximum atomic E-state index is 12.6. The molecule has 0 radical (unpaired) electrons. The van der Waals surface area contributed by atoms with Gasteiger partial charge in [0.2, 0.25) is 5.78 Å². The molecule has 2 heterocycles. The second-order valence-corrected chi connectivity index (χ2v) is 5.96. The predicted molar refractivity (Wildman–Crippen MR) is 83.5 cm³/mol. The molecule has 0 amide bonds. The molecule has 0 unspecified atom stereocenters.